The fourth-order valence-electron chi connectivity index (χ4n) is 2.90. The van der Waals surface area contributed by atoms with Gasteiger partial charge in [0.25, 0.3) is 0 Å². The maximum Gasteiger partial charge on any atom is 0.145 e. The first-order valence-corrected chi connectivity index (χ1v) is 7.57. The van der Waals surface area contributed by atoms with E-state index in [9.17, 15) is 0 Å². The number of hydrogen-bond acceptors (Lipinski definition) is 2. The van der Waals surface area contributed by atoms with Crippen molar-refractivity contribution in [2.24, 2.45) is 7.05 Å². The van der Waals surface area contributed by atoms with Gasteiger partial charge in [-0.15, -0.1) is 11.3 Å². The molecule has 0 aliphatic heterocycles. The van der Waals surface area contributed by atoms with Crippen molar-refractivity contribution in [3.8, 4) is 0 Å². The smallest absolute Gasteiger partial charge is 0.145 e. The molecule has 0 atom stereocenters. The van der Waals surface area contributed by atoms with E-state index in [0.29, 0.717) is 0 Å². The number of aryl methyl sites for hydroxylation is 1. The second kappa shape index (κ2) is 4.81. The first kappa shape index (κ1) is 11.3. The van der Waals surface area contributed by atoms with E-state index in [1.54, 1.807) is 4.88 Å². The van der Waals surface area contributed by atoms with Gasteiger partial charge in [0, 0.05) is 23.5 Å². The van der Waals surface area contributed by atoms with E-state index in [4.69, 9.17) is 0 Å². The molecule has 17 heavy (non-hydrogen) atoms. The Morgan fingerprint density at radius 3 is 2.59 bits per heavy atom. The maximum absolute atomic E-state index is 4.51. The van der Waals surface area contributed by atoms with Crippen LogP contribution in [0.5, 0.6) is 0 Å². The first-order chi connectivity index (χ1) is 8.33. The molecule has 2 heterocycles. The van der Waals surface area contributed by atoms with E-state index < -0.39 is 0 Å². The predicted octanol–water partition coefficient (Wildman–Crippen LogP) is 4.46. The van der Waals surface area contributed by atoms with Crippen LogP contribution in [0.1, 0.15) is 55.7 Å². The van der Waals surface area contributed by atoms with Crippen LogP contribution in [0.15, 0.2) is 12.3 Å². The molecule has 0 bridgehead atoms. The van der Waals surface area contributed by atoms with Crippen LogP contribution in [-0.2, 0) is 7.05 Å². The Labute approximate surface area is 107 Å². The number of rotatable bonds is 1. The van der Waals surface area contributed by atoms with Crippen LogP contribution in [0.3, 0.4) is 0 Å². The van der Waals surface area contributed by atoms with Crippen molar-refractivity contribution in [2.45, 2.75) is 50.9 Å². The van der Waals surface area contributed by atoms with Gasteiger partial charge in [-0.05, 0) is 24.8 Å². The molecule has 1 saturated carbocycles. The number of fused-ring (bicyclic) bond motifs is 1. The van der Waals surface area contributed by atoms with Gasteiger partial charge in [-0.2, -0.15) is 5.10 Å². The van der Waals surface area contributed by atoms with E-state index in [1.165, 1.54) is 55.2 Å². The van der Waals surface area contributed by atoms with E-state index >= 15 is 0 Å². The fourth-order valence-corrected chi connectivity index (χ4v) is 4.11. The molecule has 92 valence electrons. The standard InChI is InChI=1S/C14H20N2S/c1-16-10-12-9-13(17-14(12)15-16)11-7-5-3-2-4-6-8-11/h9-11H,2-8H2,1H3. The quantitative estimate of drug-likeness (QED) is 0.728. The lowest BCUT2D eigenvalue weighted by atomic mass is 9.90. The van der Waals surface area contributed by atoms with Crippen LogP contribution in [0, 0.1) is 0 Å². The fraction of sp³-hybridized carbons (Fsp3) is 0.643. The number of thiophene rings is 1. The summed E-state index contributed by atoms with van der Waals surface area (Å²) in [4.78, 5) is 2.79. The van der Waals surface area contributed by atoms with Crippen LogP contribution < -0.4 is 0 Å². The Hall–Kier alpha value is -0.830. The Morgan fingerprint density at radius 2 is 1.88 bits per heavy atom. The molecule has 0 N–H and O–H groups in total. The van der Waals surface area contributed by atoms with Gasteiger partial charge < -0.3 is 0 Å². The largest absolute Gasteiger partial charge is 0.274 e. The molecular formula is C14H20N2S. The third-order valence-electron chi connectivity index (χ3n) is 3.84. The molecule has 0 unspecified atom stereocenters. The van der Waals surface area contributed by atoms with Crippen molar-refractivity contribution in [3.05, 3.63) is 17.1 Å². The minimum atomic E-state index is 0.805. The summed E-state index contributed by atoms with van der Waals surface area (Å²) < 4.78 is 1.92. The minimum absolute atomic E-state index is 0.805. The second-order valence-corrected chi connectivity index (χ2v) is 6.32. The van der Waals surface area contributed by atoms with Crippen LogP contribution in [0.2, 0.25) is 0 Å². The van der Waals surface area contributed by atoms with Crippen molar-refractivity contribution in [2.75, 3.05) is 0 Å². The molecule has 0 saturated heterocycles. The van der Waals surface area contributed by atoms with Gasteiger partial charge in [-0.1, -0.05) is 32.1 Å². The lowest BCUT2D eigenvalue weighted by Gasteiger charge is -2.18. The summed E-state index contributed by atoms with van der Waals surface area (Å²) in [7, 11) is 2.00. The molecule has 1 aliphatic carbocycles. The first-order valence-electron chi connectivity index (χ1n) is 6.76. The molecule has 0 aromatic carbocycles. The summed E-state index contributed by atoms with van der Waals surface area (Å²) in [6, 6.07) is 2.37. The van der Waals surface area contributed by atoms with Crippen molar-refractivity contribution in [3.63, 3.8) is 0 Å². The molecule has 0 amide bonds. The lowest BCUT2D eigenvalue weighted by molar-refractivity contribution is 0.460. The highest BCUT2D eigenvalue weighted by atomic mass is 32.1. The third kappa shape index (κ3) is 2.39. The monoisotopic (exact) mass is 248 g/mol. The van der Waals surface area contributed by atoms with Crippen molar-refractivity contribution in [1.82, 2.24) is 9.78 Å². The summed E-state index contributed by atoms with van der Waals surface area (Å²) in [5, 5.41) is 5.83. The molecule has 2 nitrogen and oxygen atoms in total. The number of aromatic nitrogens is 2. The Morgan fingerprint density at radius 1 is 1.18 bits per heavy atom. The van der Waals surface area contributed by atoms with Gasteiger partial charge in [0.1, 0.15) is 4.83 Å². The van der Waals surface area contributed by atoms with Gasteiger partial charge in [-0.25, -0.2) is 0 Å². The third-order valence-corrected chi connectivity index (χ3v) is 5.04. The molecule has 1 aliphatic rings. The number of hydrogen-bond donors (Lipinski definition) is 0. The zero-order chi connectivity index (χ0) is 11.7. The van der Waals surface area contributed by atoms with E-state index in [0.717, 1.165) is 5.92 Å². The zero-order valence-electron chi connectivity index (χ0n) is 10.5. The summed E-state index contributed by atoms with van der Waals surface area (Å²) in [5.74, 6) is 0.805. The van der Waals surface area contributed by atoms with E-state index in [2.05, 4.69) is 17.4 Å². The molecule has 3 rings (SSSR count). The summed E-state index contributed by atoms with van der Waals surface area (Å²) in [6.45, 7) is 0. The minimum Gasteiger partial charge on any atom is -0.274 e. The van der Waals surface area contributed by atoms with Crippen LogP contribution >= 0.6 is 11.3 Å². The zero-order valence-corrected chi connectivity index (χ0v) is 11.3. The van der Waals surface area contributed by atoms with Crippen molar-refractivity contribution >= 4 is 21.6 Å². The van der Waals surface area contributed by atoms with Crippen LogP contribution in [-0.4, -0.2) is 9.78 Å². The average molecular weight is 248 g/mol. The van der Waals surface area contributed by atoms with Crippen LogP contribution in [0.4, 0.5) is 0 Å². The van der Waals surface area contributed by atoms with Crippen molar-refractivity contribution in [1.29, 1.82) is 0 Å². The highest BCUT2D eigenvalue weighted by Gasteiger charge is 2.17. The molecule has 2 aromatic heterocycles. The normalized spacial score (nSPS) is 19.4. The SMILES string of the molecule is Cn1cc2cc(C3CCCCCCC3)sc2n1. The molecule has 3 heteroatoms. The highest BCUT2D eigenvalue weighted by molar-refractivity contribution is 7.18. The maximum atomic E-state index is 4.51. The molecular weight excluding hydrogens is 228 g/mol. The summed E-state index contributed by atoms with van der Waals surface area (Å²) in [5.41, 5.74) is 0. The summed E-state index contributed by atoms with van der Waals surface area (Å²) in [6.07, 6.45) is 12.0. The van der Waals surface area contributed by atoms with Gasteiger partial charge in [0.15, 0.2) is 0 Å². The predicted molar refractivity (Wildman–Crippen MR) is 73.7 cm³/mol. The highest BCUT2D eigenvalue weighted by Crippen LogP contribution is 2.37. The van der Waals surface area contributed by atoms with E-state index in [1.807, 2.05) is 23.1 Å². The Bertz CT molecular complexity index is 458. The average Bonchev–Trinajstić information content (AvgIpc) is 2.73. The van der Waals surface area contributed by atoms with Gasteiger partial charge in [0.05, 0.1) is 0 Å². The van der Waals surface area contributed by atoms with E-state index in [-0.39, 0.29) is 0 Å². The molecule has 2 aromatic rings. The Balaban J connectivity index is 1.83. The van der Waals surface area contributed by atoms with Crippen molar-refractivity contribution < 1.29 is 0 Å². The number of nitrogens with zero attached hydrogens (tertiary/aromatic N) is 2. The summed E-state index contributed by atoms with van der Waals surface area (Å²) >= 11 is 1.91. The molecule has 1 fully saturated rings. The van der Waals surface area contributed by atoms with Crippen LogP contribution in [0.25, 0.3) is 10.2 Å². The van der Waals surface area contributed by atoms with Gasteiger partial charge in [0.2, 0.25) is 0 Å². The Kier molecular flexibility index (Phi) is 3.19. The molecule has 0 radical (unpaired) electrons. The van der Waals surface area contributed by atoms with Gasteiger partial charge >= 0.3 is 0 Å². The molecule has 0 spiro atoms. The second-order valence-electron chi connectivity index (χ2n) is 5.25. The lowest BCUT2D eigenvalue weighted by Crippen LogP contribution is -2.00. The topological polar surface area (TPSA) is 17.8 Å². The van der Waals surface area contributed by atoms with Gasteiger partial charge in [-0.3, -0.25) is 4.68 Å².